The molecule has 1 aliphatic rings. The lowest BCUT2D eigenvalue weighted by Gasteiger charge is -2.24. The number of benzene rings is 3. The fraction of sp³-hybridized carbons (Fsp3) is 0.231. The molecule has 1 atom stereocenters. The van der Waals surface area contributed by atoms with E-state index in [2.05, 4.69) is 19.2 Å². The van der Waals surface area contributed by atoms with E-state index in [0.717, 1.165) is 22.4 Å². The van der Waals surface area contributed by atoms with Crippen LogP contribution in [0.5, 0.6) is 0 Å². The van der Waals surface area contributed by atoms with E-state index < -0.39 is 0 Å². The topological polar surface area (TPSA) is 49.4 Å². The van der Waals surface area contributed by atoms with Crippen LogP contribution < -0.4 is 5.32 Å². The standard InChI is InChI=1S/C26H26N2O2S/c1-18(2)22-10-6-7-11-23(22)27-25(30)20-12-14-21(15-13-20)26-28(24(29)17-31-26)16-19-8-4-3-5-9-19/h3-15,18,26H,16-17H2,1-2H3,(H,27,30)/t26-/m1/s1. The predicted octanol–water partition coefficient (Wildman–Crippen LogP) is 5.84. The number of amides is 2. The molecular weight excluding hydrogens is 404 g/mol. The van der Waals surface area contributed by atoms with Gasteiger partial charge < -0.3 is 10.2 Å². The van der Waals surface area contributed by atoms with Crippen molar-refractivity contribution in [1.82, 2.24) is 4.90 Å². The molecule has 0 saturated carbocycles. The number of hydrogen-bond donors (Lipinski definition) is 1. The summed E-state index contributed by atoms with van der Waals surface area (Å²) >= 11 is 1.63. The number of carbonyl (C=O) groups is 2. The second-order valence-corrected chi connectivity index (χ2v) is 9.06. The zero-order valence-corrected chi connectivity index (χ0v) is 18.6. The molecule has 4 rings (SSSR count). The summed E-state index contributed by atoms with van der Waals surface area (Å²) in [6.07, 6.45) is 0. The number of carbonyl (C=O) groups excluding carboxylic acids is 2. The summed E-state index contributed by atoms with van der Waals surface area (Å²) in [6, 6.07) is 25.5. The average molecular weight is 431 g/mol. The van der Waals surface area contributed by atoms with Crippen LogP contribution in [-0.2, 0) is 11.3 Å². The van der Waals surface area contributed by atoms with Gasteiger partial charge in [0.05, 0.1) is 5.75 Å². The highest BCUT2D eigenvalue weighted by atomic mass is 32.2. The molecule has 5 heteroatoms. The molecule has 4 nitrogen and oxygen atoms in total. The van der Waals surface area contributed by atoms with E-state index in [1.54, 1.807) is 11.8 Å². The Balaban J connectivity index is 1.49. The fourth-order valence-electron chi connectivity index (χ4n) is 3.79. The van der Waals surface area contributed by atoms with Crippen LogP contribution >= 0.6 is 11.8 Å². The molecule has 0 bridgehead atoms. The summed E-state index contributed by atoms with van der Waals surface area (Å²) in [5.74, 6) is 0.819. The van der Waals surface area contributed by atoms with Gasteiger partial charge in [0.2, 0.25) is 5.91 Å². The maximum Gasteiger partial charge on any atom is 0.255 e. The summed E-state index contributed by atoms with van der Waals surface area (Å²) < 4.78 is 0. The molecular formula is C26H26N2O2S. The number of rotatable bonds is 6. The predicted molar refractivity (Wildman–Crippen MR) is 127 cm³/mol. The number of nitrogens with zero attached hydrogens (tertiary/aromatic N) is 1. The minimum absolute atomic E-state index is 0.0357. The van der Waals surface area contributed by atoms with E-state index in [0.29, 0.717) is 23.8 Å². The van der Waals surface area contributed by atoms with Crippen molar-refractivity contribution in [2.75, 3.05) is 11.1 Å². The molecule has 1 N–H and O–H groups in total. The number of thioether (sulfide) groups is 1. The molecule has 2 amide bonds. The summed E-state index contributed by atoms with van der Waals surface area (Å²) in [5, 5.41) is 3.00. The first kappa shape index (κ1) is 21.2. The molecule has 1 saturated heterocycles. The van der Waals surface area contributed by atoms with Crippen molar-refractivity contribution in [2.24, 2.45) is 0 Å². The van der Waals surface area contributed by atoms with Crippen LogP contribution in [0.3, 0.4) is 0 Å². The van der Waals surface area contributed by atoms with Crippen molar-refractivity contribution >= 4 is 29.3 Å². The summed E-state index contributed by atoms with van der Waals surface area (Å²) in [4.78, 5) is 27.2. The van der Waals surface area contributed by atoms with Crippen molar-refractivity contribution in [3.8, 4) is 0 Å². The van der Waals surface area contributed by atoms with Crippen LogP contribution in [-0.4, -0.2) is 22.5 Å². The molecule has 0 spiro atoms. The van der Waals surface area contributed by atoms with Gasteiger partial charge in [0.1, 0.15) is 5.37 Å². The van der Waals surface area contributed by atoms with E-state index in [1.165, 1.54) is 0 Å². The van der Waals surface area contributed by atoms with Crippen molar-refractivity contribution < 1.29 is 9.59 Å². The van der Waals surface area contributed by atoms with E-state index in [9.17, 15) is 9.59 Å². The summed E-state index contributed by atoms with van der Waals surface area (Å²) in [7, 11) is 0. The Hall–Kier alpha value is -3.05. The lowest BCUT2D eigenvalue weighted by molar-refractivity contribution is -0.128. The Labute approximate surface area is 187 Å². The van der Waals surface area contributed by atoms with Gasteiger partial charge in [-0.25, -0.2) is 0 Å². The third-order valence-electron chi connectivity index (χ3n) is 5.45. The summed E-state index contributed by atoms with van der Waals surface area (Å²) in [5.41, 5.74) is 4.71. The van der Waals surface area contributed by atoms with E-state index in [-0.39, 0.29) is 17.2 Å². The van der Waals surface area contributed by atoms with Crippen LogP contribution in [0.1, 0.15) is 52.2 Å². The first-order valence-electron chi connectivity index (χ1n) is 10.5. The molecule has 31 heavy (non-hydrogen) atoms. The van der Waals surface area contributed by atoms with Gasteiger partial charge in [0, 0.05) is 17.8 Å². The molecule has 1 heterocycles. The first-order chi connectivity index (χ1) is 15.0. The van der Waals surface area contributed by atoms with Gasteiger partial charge in [-0.1, -0.05) is 74.5 Å². The third-order valence-corrected chi connectivity index (χ3v) is 6.71. The zero-order chi connectivity index (χ0) is 21.8. The molecule has 1 fully saturated rings. The Bertz CT molecular complexity index is 1060. The van der Waals surface area contributed by atoms with Gasteiger partial charge in [-0.15, -0.1) is 11.8 Å². The Morgan fingerprint density at radius 2 is 1.68 bits per heavy atom. The van der Waals surface area contributed by atoms with Crippen LogP contribution in [0.4, 0.5) is 5.69 Å². The second-order valence-electron chi connectivity index (χ2n) is 7.99. The molecule has 0 aliphatic carbocycles. The van der Waals surface area contributed by atoms with E-state index >= 15 is 0 Å². The van der Waals surface area contributed by atoms with Gasteiger partial charge in [0.15, 0.2) is 0 Å². The Kier molecular flexibility index (Phi) is 6.42. The van der Waals surface area contributed by atoms with Gasteiger partial charge >= 0.3 is 0 Å². The maximum absolute atomic E-state index is 12.8. The van der Waals surface area contributed by atoms with Crippen LogP contribution in [0.25, 0.3) is 0 Å². The zero-order valence-electron chi connectivity index (χ0n) is 17.7. The van der Waals surface area contributed by atoms with Gasteiger partial charge in [-0.3, -0.25) is 9.59 Å². The molecule has 3 aromatic carbocycles. The van der Waals surface area contributed by atoms with E-state index in [1.807, 2.05) is 83.8 Å². The van der Waals surface area contributed by atoms with E-state index in [4.69, 9.17) is 0 Å². The van der Waals surface area contributed by atoms with Gasteiger partial charge in [-0.2, -0.15) is 0 Å². The molecule has 1 aliphatic heterocycles. The Morgan fingerprint density at radius 1 is 1.00 bits per heavy atom. The smallest absolute Gasteiger partial charge is 0.255 e. The number of anilines is 1. The van der Waals surface area contributed by atoms with Crippen molar-refractivity contribution in [3.05, 3.63) is 101 Å². The van der Waals surface area contributed by atoms with Gasteiger partial charge in [0.25, 0.3) is 5.91 Å². The number of hydrogen-bond acceptors (Lipinski definition) is 3. The highest BCUT2D eigenvalue weighted by molar-refractivity contribution is 8.00. The molecule has 158 valence electrons. The monoisotopic (exact) mass is 430 g/mol. The minimum Gasteiger partial charge on any atom is -0.322 e. The average Bonchev–Trinajstić information content (AvgIpc) is 3.15. The molecule has 3 aromatic rings. The van der Waals surface area contributed by atoms with Crippen LogP contribution in [0, 0.1) is 0 Å². The van der Waals surface area contributed by atoms with Crippen molar-refractivity contribution in [3.63, 3.8) is 0 Å². The number of nitrogens with one attached hydrogen (secondary N) is 1. The SMILES string of the molecule is CC(C)c1ccccc1NC(=O)c1ccc([C@H]2SCC(=O)N2Cc2ccccc2)cc1. The molecule has 0 radical (unpaired) electrons. The Morgan fingerprint density at radius 3 is 2.39 bits per heavy atom. The van der Waals surface area contributed by atoms with Gasteiger partial charge in [-0.05, 0) is 40.8 Å². The maximum atomic E-state index is 12.8. The highest BCUT2D eigenvalue weighted by Crippen LogP contribution is 2.39. The lowest BCUT2D eigenvalue weighted by atomic mass is 10.0. The van der Waals surface area contributed by atoms with Crippen molar-refractivity contribution in [1.29, 1.82) is 0 Å². The normalized spacial score (nSPS) is 16.0. The number of para-hydroxylation sites is 1. The largest absolute Gasteiger partial charge is 0.322 e. The fourth-order valence-corrected chi connectivity index (χ4v) is 4.98. The minimum atomic E-state index is -0.129. The highest BCUT2D eigenvalue weighted by Gasteiger charge is 2.32. The van der Waals surface area contributed by atoms with Crippen molar-refractivity contribution in [2.45, 2.75) is 31.7 Å². The molecule has 0 aromatic heterocycles. The molecule has 0 unspecified atom stereocenters. The second kappa shape index (κ2) is 9.40. The third kappa shape index (κ3) is 4.83. The quantitative estimate of drug-likeness (QED) is 0.535. The van der Waals surface area contributed by atoms with Crippen LogP contribution in [0.2, 0.25) is 0 Å². The van der Waals surface area contributed by atoms with Crippen LogP contribution in [0.15, 0.2) is 78.9 Å². The lowest BCUT2D eigenvalue weighted by Crippen LogP contribution is -2.27. The summed E-state index contributed by atoms with van der Waals surface area (Å²) in [6.45, 7) is 4.81. The first-order valence-corrected chi connectivity index (χ1v) is 11.5.